The van der Waals surface area contributed by atoms with Gasteiger partial charge in [0.1, 0.15) is 11.4 Å². The van der Waals surface area contributed by atoms with E-state index in [0.717, 1.165) is 79.1 Å². The fraction of sp³-hybridized carbons (Fsp3) is 0.371. The highest BCUT2D eigenvalue weighted by Gasteiger charge is 2.25. The second-order valence-corrected chi connectivity index (χ2v) is 13.2. The molecule has 2 aromatic heterocycles. The molecule has 0 saturated carbocycles. The highest BCUT2D eigenvalue weighted by Crippen LogP contribution is 2.42. The maximum atomic E-state index is 7.07. The number of hydrogen-bond donors (Lipinski definition) is 4. The summed E-state index contributed by atoms with van der Waals surface area (Å²) in [6.07, 6.45) is 7.75. The van der Waals surface area contributed by atoms with Crippen molar-refractivity contribution in [1.29, 1.82) is 0 Å². The Hall–Kier alpha value is -3.45. The number of ether oxygens (including phenoxy) is 2. The number of hydrogen-bond acceptors (Lipinski definition) is 11. The Labute approximate surface area is 297 Å². The predicted molar refractivity (Wildman–Crippen MR) is 194 cm³/mol. The third-order valence-electron chi connectivity index (χ3n) is 8.80. The number of methoxy groups -OCH3 is 2. The van der Waals surface area contributed by atoms with Crippen LogP contribution in [0.1, 0.15) is 37.1 Å². The summed E-state index contributed by atoms with van der Waals surface area (Å²) >= 11 is 18.6. The molecule has 13 heteroatoms. The first-order valence-electron chi connectivity index (χ1n) is 16.1. The van der Waals surface area contributed by atoms with Crippen molar-refractivity contribution in [3.63, 3.8) is 0 Å². The van der Waals surface area contributed by atoms with Gasteiger partial charge in [-0.25, -0.2) is 14.3 Å². The van der Waals surface area contributed by atoms with Gasteiger partial charge in [0.25, 0.3) is 0 Å². The lowest BCUT2D eigenvalue weighted by molar-refractivity contribution is 0.217. The summed E-state index contributed by atoms with van der Waals surface area (Å²) in [5.41, 5.74) is 6.71. The molecule has 1 unspecified atom stereocenters. The average molecular weight is 708 g/mol. The molecular weight excluding hydrogens is 667 g/mol. The predicted octanol–water partition coefficient (Wildman–Crippen LogP) is 6.35. The Kier molecular flexibility index (Phi) is 11.4. The van der Waals surface area contributed by atoms with Gasteiger partial charge in [0.15, 0.2) is 0 Å². The molecule has 48 heavy (non-hydrogen) atoms. The molecule has 3 N–H and O–H groups in total. The first-order valence-corrected chi connectivity index (χ1v) is 17.2. The largest absolute Gasteiger partial charge is 0.480 e. The molecule has 2 atom stereocenters. The summed E-state index contributed by atoms with van der Waals surface area (Å²) in [6, 6.07) is 12.4. The molecule has 0 aliphatic carbocycles. The Morgan fingerprint density at radius 2 is 1.44 bits per heavy atom. The molecule has 0 bridgehead atoms. The summed E-state index contributed by atoms with van der Waals surface area (Å²) < 4.78 is 13.3. The van der Waals surface area contributed by atoms with Crippen LogP contribution in [0, 0.1) is 0 Å². The van der Waals surface area contributed by atoms with E-state index >= 15 is 0 Å². The van der Waals surface area contributed by atoms with Crippen LogP contribution < -0.4 is 25.4 Å². The Morgan fingerprint density at radius 1 is 0.875 bits per heavy atom. The van der Waals surface area contributed by atoms with Crippen LogP contribution in [0.25, 0.3) is 33.6 Å². The monoisotopic (exact) mass is 706 g/mol. The molecule has 0 amide bonds. The lowest BCUT2D eigenvalue weighted by Gasteiger charge is -2.36. The van der Waals surface area contributed by atoms with Gasteiger partial charge in [-0.2, -0.15) is 0 Å². The summed E-state index contributed by atoms with van der Waals surface area (Å²) in [7, 11) is 3.19. The van der Waals surface area contributed by atoms with Gasteiger partial charge in [-0.3, -0.25) is 9.97 Å². The molecule has 2 fully saturated rings. The summed E-state index contributed by atoms with van der Waals surface area (Å²) in [5.74, 6) is 0.896. The summed E-state index contributed by atoms with van der Waals surface area (Å²) in [5, 5.41) is 11.3. The van der Waals surface area contributed by atoms with E-state index in [2.05, 4.69) is 45.3 Å². The third kappa shape index (κ3) is 7.72. The number of nitrogens with zero attached hydrogens (tertiary/aromatic N) is 5. The smallest absolute Gasteiger partial charge is 0.237 e. The second kappa shape index (κ2) is 15.8. The quantitative estimate of drug-likeness (QED) is 0.0876. The van der Waals surface area contributed by atoms with Crippen LogP contribution in [0.3, 0.4) is 0 Å². The molecule has 2 aliphatic heterocycles. The van der Waals surface area contributed by atoms with E-state index < -0.39 is 0 Å². The number of aromatic nitrogens is 4. The van der Waals surface area contributed by atoms with Crippen LogP contribution in [0.4, 0.5) is 0 Å². The normalized spacial score (nSPS) is 17.6. The van der Waals surface area contributed by atoms with Gasteiger partial charge in [0.05, 0.1) is 48.0 Å². The molecule has 4 heterocycles. The maximum Gasteiger partial charge on any atom is 0.237 e. The van der Waals surface area contributed by atoms with Crippen molar-refractivity contribution < 1.29 is 9.47 Å². The SMILES string of the molecule is C=C1CC[C@@H](CCNCc2ncc(-c3cccc(-c4cccc(-c5cnc(CNCC6CCN6S)c(OC)n5)c4Cl)c3Cl)nc2OC)N1. The van der Waals surface area contributed by atoms with Crippen LogP contribution >= 0.6 is 36.0 Å². The van der Waals surface area contributed by atoms with E-state index in [1.165, 1.54) is 0 Å². The van der Waals surface area contributed by atoms with Crippen molar-refractivity contribution in [3.05, 3.63) is 82.5 Å². The van der Waals surface area contributed by atoms with Gasteiger partial charge in [-0.15, -0.1) is 0 Å². The fourth-order valence-electron chi connectivity index (χ4n) is 5.97. The lowest BCUT2D eigenvalue weighted by Crippen LogP contribution is -2.47. The molecule has 2 aliphatic rings. The van der Waals surface area contributed by atoms with Gasteiger partial charge in [0.2, 0.25) is 11.8 Å². The molecule has 6 rings (SSSR count). The second-order valence-electron chi connectivity index (χ2n) is 11.9. The number of allylic oxidation sites excluding steroid dienone is 1. The minimum atomic E-state index is 0.421. The van der Waals surface area contributed by atoms with Crippen LogP contribution in [0.15, 0.2) is 61.1 Å². The van der Waals surface area contributed by atoms with Crippen molar-refractivity contribution in [2.45, 2.75) is 50.9 Å². The van der Waals surface area contributed by atoms with Crippen LogP contribution in [-0.4, -0.2) is 70.2 Å². The summed E-state index contributed by atoms with van der Waals surface area (Å²) in [6.45, 7) is 7.76. The average Bonchev–Trinajstić information content (AvgIpc) is 3.52. The van der Waals surface area contributed by atoms with Gasteiger partial charge < -0.3 is 25.4 Å². The number of nitrogens with one attached hydrogen (secondary N) is 3. The molecule has 0 radical (unpaired) electrons. The molecular formula is C35H40Cl2N8O2S. The number of benzene rings is 2. The van der Waals surface area contributed by atoms with Gasteiger partial charge in [-0.1, -0.05) is 79.0 Å². The Balaban J connectivity index is 1.19. The zero-order valence-corrected chi connectivity index (χ0v) is 29.5. The van der Waals surface area contributed by atoms with Crippen molar-refractivity contribution in [1.82, 2.24) is 40.2 Å². The van der Waals surface area contributed by atoms with Gasteiger partial charge >= 0.3 is 0 Å². The highest BCUT2D eigenvalue weighted by molar-refractivity contribution is 7.77. The van der Waals surface area contributed by atoms with Crippen LogP contribution in [-0.2, 0) is 13.1 Å². The van der Waals surface area contributed by atoms with E-state index in [4.69, 9.17) is 42.6 Å². The lowest BCUT2D eigenvalue weighted by atomic mass is 9.98. The van der Waals surface area contributed by atoms with Crippen LogP contribution in [0.2, 0.25) is 10.0 Å². The fourth-order valence-corrected chi connectivity index (χ4v) is 6.93. The number of halogens is 2. The molecule has 2 aromatic carbocycles. The number of rotatable bonds is 14. The van der Waals surface area contributed by atoms with E-state index in [9.17, 15) is 0 Å². The maximum absolute atomic E-state index is 7.07. The Bertz CT molecular complexity index is 1780. The standard InChI is InChI=1S/C35H40Cl2N8O2S/c1-21-10-11-22(42-21)12-14-38-17-30-34(46-2)43-28(19-40-30)26-8-4-6-24(32(26)36)25-7-5-9-27(33(25)37)29-20-41-31(35(44-29)47-3)18-39-16-23-13-15-45(23)48/h4-9,19-20,22-23,38-39,42,48H,1,10-18H2,2-3H3/t22-,23?/m0/s1. The van der Waals surface area contributed by atoms with Crippen molar-refractivity contribution in [2.24, 2.45) is 0 Å². The van der Waals surface area contributed by atoms with Crippen molar-refractivity contribution >= 4 is 36.0 Å². The topological polar surface area (TPSA) is 109 Å². The zero-order chi connectivity index (χ0) is 33.6. The minimum Gasteiger partial charge on any atom is -0.480 e. The third-order valence-corrected chi connectivity index (χ3v) is 10.1. The van der Waals surface area contributed by atoms with Gasteiger partial charge in [0, 0.05) is 66.2 Å². The van der Waals surface area contributed by atoms with E-state index in [1.54, 1.807) is 26.6 Å². The van der Waals surface area contributed by atoms with Crippen molar-refractivity contribution in [2.75, 3.05) is 33.9 Å². The number of thiol groups is 1. The van der Waals surface area contributed by atoms with E-state index in [0.29, 0.717) is 63.9 Å². The Morgan fingerprint density at radius 3 is 1.92 bits per heavy atom. The highest BCUT2D eigenvalue weighted by atomic mass is 35.5. The van der Waals surface area contributed by atoms with Crippen molar-refractivity contribution in [3.8, 4) is 45.4 Å². The molecule has 0 spiro atoms. The van der Waals surface area contributed by atoms with Crippen LogP contribution in [0.5, 0.6) is 11.8 Å². The molecule has 252 valence electrons. The van der Waals surface area contributed by atoms with Gasteiger partial charge in [-0.05, 0) is 32.2 Å². The molecule has 10 nitrogen and oxygen atoms in total. The molecule has 4 aromatic rings. The first kappa shape index (κ1) is 34.4. The zero-order valence-electron chi connectivity index (χ0n) is 27.1. The summed E-state index contributed by atoms with van der Waals surface area (Å²) in [4.78, 5) is 18.9. The first-order chi connectivity index (χ1) is 23.4. The minimum absolute atomic E-state index is 0.421. The van der Waals surface area contributed by atoms with E-state index in [1.807, 2.05) is 40.7 Å². The van der Waals surface area contributed by atoms with E-state index in [-0.39, 0.29) is 0 Å². The molecule has 2 saturated heterocycles.